The van der Waals surface area contributed by atoms with E-state index in [1.54, 1.807) is 30.3 Å². The van der Waals surface area contributed by atoms with Crippen LogP contribution in [0.2, 0.25) is 0 Å². The highest BCUT2D eigenvalue weighted by Gasteiger charge is 2.28. The maximum absolute atomic E-state index is 11.9. The van der Waals surface area contributed by atoms with Crippen molar-refractivity contribution in [2.24, 2.45) is 0 Å². The van der Waals surface area contributed by atoms with Gasteiger partial charge in [0.2, 0.25) is 5.91 Å². The highest BCUT2D eigenvalue weighted by molar-refractivity contribution is 5.82. The Morgan fingerprint density at radius 2 is 1.81 bits per heavy atom. The molecule has 1 aromatic carbocycles. The predicted octanol–water partition coefficient (Wildman–Crippen LogP) is 1.68. The first-order valence-corrected chi connectivity index (χ1v) is 5.96. The van der Waals surface area contributed by atoms with Gasteiger partial charge < -0.3 is 14.7 Å². The Morgan fingerprint density at radius 1 is 1.19 bits per heavy atom. The molecule has 0 unspecified atom stereocenters. The Hall–Kier alpha value is -2.09. The van der Waals surface area contributed by atoms with Crippen LogP contribution in [0, 0.1) is 0 Å². The number of alkyl halides is 3. The molecule has 116 valence electrons. The van der Waals surface area contributed by atoms with Crippen LogP contribution in [0.3, 0.4) is 0 Å². The number of carbonyl (C=O) groups excluding carboxylic acids is 1. The molecule has 0 aliphatic carbocycles. The Morgan fingerprint density at radius 3 is 2.33 bits per heavy atom. The molecule has 0 fully saturated rings. The number of carboxylic acid groups (broad SMARTS) is 1. The second-order valence-corrected chi connectivity index (χ2v) is 4.24. The minimum Gasteiger partial charge on any atom is -0.480 e. The molecule has 0 spiro atoms. The molecule has 21 heavy (non-hydrogen) atoms. The molecule has 5 nitrogen and oxygen atoms in total. The Bertz CT molecular complexity index is 476. The molecular weight excluding hydrogens is 291 g/mol. The fraction of sp³-hybridized carbons (Fsp3) is 0.385. The molecule has 1 aromatic rings. The zero-order valence-electron chi connectivity index (χ0n) is 11.0. The number of amides is 1. The summed E-state index contributed by atoms with van der Waals surface area (Å²) in [5, 5.41) is 8.75. The third-order valence-corrected chi connectivity index (χ3v) is 2.39. The number of carboxylic acids is 1. The van der Waals surface area contributed by atoms with E-state index in [2.05, 4.69) is 4.74 Å². The number of halogens is 3. The number of ether oxygens (including phenoxy) is 1. The third kappa shape index (κ3) is 7.31. The maximum atomic E-state index is 11.9. The first-order chi connectivity index (χ1) is 9.78. The number of benzene rings is 1. The summed E-state index contributed by atoms with van der Waals surface area (Å²) >= 11 is 0. The van der Waals surface area contributed by atoms with Crippen molar-refractivity contribution in [3.8, 4) is 0 Å². The molecular formula is C13H14F3NO4. The topological polar surface area (TPSA) is 66.8 Å². The van der Waals surface area contributed by atoms with Crippen molar-refractivity contribution in [3.63, 3.8) is 0 Å². The van der Waals surface area contributed by atoms with Crippen LogP contribution < -0.4 is 0 Å². The van der Waals surface area contributed by atoms with Gasteiger partial charge in [0.1, 0.15) is 19.8 Å². The molecule has 0 radical (unpaired) electrons. The third-order valence-electron chi connectivity index (χ3n) is 2.39. The summed E-state index contributed by atoms with van der Waals surface area (Å²) in [4.78, 5) is 23.4. The molecule has 0 saturated carbocycles. The number of hydrogen-bond donors (Lipinski definition) is 1. The molecule has 1 rings (SSSR count). The van der Waals surface area contributed by atoms with Gasteiger partial charge in [-0.15, -0.1) is 0 Å². The van der Waals surface area contributed by atoms with Gasteiger partial charge in [-0.05, 0) is 5.56 Å². The van der Waals surface area contributed by atoms with Gasteiger partial charge in [-0.3, -0.25) is 9.59 Å². The van der Waals surface area contributed by atoms with E-state index in [4.69, 9.17) is 5.11 Å². The van der Waals surface area contributed by atoms with Crippen LogP contribution in [0.5, 0.6) is 0 Å². The maximum Gasteiger partial charge on any atom is 0.411 e. The number of nitrogens with zero attached hydrogens (tertiary/aromatic N) is 1. The minimum absolute atomic E-state index is 0.0125. The van der Waals surface area contributed by atoms with Gasteiger partial charge in [-0.1, -0.05) is 30.3 Å². The second-order valence-electron chi connectivity index (χ2n) is 4.24. The van der Waals surface area contributed by atoms with Crippen molar-refractivity contribution in [3.05, 3.63) is 35.9 Å². The first kappa shape index (κ1) is 17.0. The molecule has 0 heterocycles. The van der Waals surface area contributed by atoms with Crippen molar-refractivity contribution in [2.75, 3.05) is 19.8 Å². The summed E-state index contributed by atoms with van der Waals surface area (Å²) in [6.45, 7) is -2.99. The summed E-state index contributed by atoms with van der Waals surface area (Å²) in [5.74, 6) is -2.07. The molecule has 0 aromatic heterocycles. The van der Waals surface area contributed by atoms with Crippen LogP contribution >= 0.6 is 0 Å². The van der Waals surface area contributed by atoms with Crippen LogP contribution in [0.4, 0.5) is 13.2 Å². The normalized spacial score (nSPS) is 11.2. The average Bonchev–Trinajstić information content (AvgIpc) is 2.37. The van der Waals surface area contributed by atoms with E-state index >= 15 is 0 Å². The number of carbonyl (C=O) groups is 2. The predicted molar refractivity (Wildman–Crippen MR) is 66.4 cm³/mol. The van der Waals surface area contributed by atoms with E-state index in [9.17, 15) is 22.8 Å². The minimum atomic E-state index is -4.53. The quantitative estimate of drug-likeness (QED) is 0.832. The number of rotatable bonds is 7. The zero-order chi connectivity index (χ0) is 15.9. The van der Waals surface area contributed by atoms with Gasteiger partial charge >= 0.3 is 12.1 Å². The Balaban J connectivity index is 2.60. The lowest BCUT2D eigenvalue weighted by Gasteiger charge is -2.21. The van der Waals surface area contributed by atoms with E-state index in [0.29, 0.717) is 5.56 Å². The fourth-order valence-corrected chi connectivity index (χ4v) is 1.54. The summed E-state index contributed by atoms with van der Waals surface area (Å²) in [7, 11) is 0. The van der Waals surface area contributed by atoms with Crippen LogP contribution in [0.15, 0.2) is 30.3 Å². The van der Waals surface area contributed by atoms with Crippen LogP contribution in [0.1, 0.15) is 5.56 Å². The lowest BCUT2D eigenvalue weighted by Crippen LogP contribution is -2.38. The SMILES string of the molecule is O=C(O)CN(Cc1ccccc1)C(=O)COCC(F)(F)F. The average molecular weight is 305 g/mol. The summed E-state index contributed by atoms with van der Waals surface area (Å²) in [6.07, 6.45) is -4.53. The highest BCUT2D eigenvalue weighted by Crippen LogP contribution is 2.14. The molecule has 0 atom stereocenters. The highest BCUT2D eigenvalue weighted by atomic mass is 19.4. The first-order valence-electron chi connectivity index (χ1n) is 5.96. The molecule has 0 aliphatic heterocycles. The van der Waals surface area contributed by atoms with Gasteiger partial charge in [0.15, 0.2) is 0 Å². The summed E-state index contributed by atoms with van der Waals surface area (Å²) in [6, 6.07) is 8.52. The van der Waals surface area contributed by atoms with E-state index in [0.717, 1.165) is 4.90 Å². The van der Waals surface area contributed by atoms with Crippen molar-refractivity contribution in [2.45, 2.75) is 12.7 Å². The largest absolute Gasteiger partial charge is 0.480 e. The zero-order valence-corrected chi connectivity index (χ0v) is 11.0. The van der Waals surface area contributed by atoms with E-state index in [1.807, 2.05) is 0 Å². The van der Waals surface area contributed by atoms with Crippen molar-refractivity contribution >= 4 is 11.9 Å². The van der Waals surface area contributed by atoms with Crippen molar-refractivity contribution in [1.29, 1.82) is 0 Å². The van der Waals surface area contributed by atoms with Gasteiger partial charge in [0.25, 0.3) is 0 Å². The van der Waals surface area contributed by atoms with Gasteiger partial charge in [-0.25, -0.2) is 0 Å². The molecule has 1 amide bonds. The lowest BCUT2D eigenvalue weighted by atomic mass is 10.2. The number of hydrogen-bond acceptors (Lipinski definition) is 3. The van der Waals surface area contributed by atoms with Gasteiger partial charge in [0.05, 0.1) is 0 Å². The molecule has 0 bridgehead atoms. The van der Waals surface area contributed by atoms with Crippen molar-refractivity contribution in [1.82, 2.24) is 4.90 Å². The standard InChI is InChI=1S/C13H14F3NO4/c14-13(15,16)9-21-8-11(18)17(7-12(19)20)6-10-4-2-1-3-5-10/h1-5H,6-9H2,(H,19,20). The molecule has 0 aliphatic rings. The molecule has 0 saturated heterocycles. The smallest absolute Gasteiger partial charge is 0.411 e. The molecule has 1 N–H and O–H groups in total. The van der Waals surface area contributed by atoms with Crippen LogP contribution in [-0.2, 0) is 20.9 Å². The Labute approximate surface area is 118 Å². The van der Waals surface area contributed by atoms with Crippen LogP contribution in [0.25, 0.3) is 0 Å². The van der Waals surface area contributed by atoms with Gasteiger partial charge in [0, 0.05) is 6.54 Å². The van der Waals surface area contributed by atoms with Crippen LogP contribution in [-0.4, -0.2) is 47.8 Å². The van der Waals surface area contributed by atoms with Crippen molar-refractivity contribution < 1.29 is 32.6 Å². The lowest BCUT2D eigenvalue weighted by molar-refractivity contribution is -0.178. The fourth-order valence-electron chi connectivity index (χ4n) is 1.54. The monoisotopic (exact) mass is 305 g/mol. The molecule has 8 heteroatoms. The second kappa shape index (κ2) is 7.63. The number of aliphatic carboxylic acids is 1. The summed E-state index contributed by atoms with van der Waals surface area (Å²) < 4.78 is 40.0. The summed E-state index contributed by atoms with van der Waals surface area (Å²) in [5.41, 5.74) is 0.669. The van der Waals surface area contributed by atoms with Gasteiger partial charge in [-0.2, -0.15) is 13.2 Å². The Kier molecular flexibility index (Phi) is 6.16. The van der Waals surface area contributed by atoms with E-state index < -0.39 is 37.8 Å². The van der Waals surface area contributed by atoms with E-state index in [-0.39, 0.29) is 6.54 Å². The van der Waals surface area contributed by atoms with E-state index in [1.165, 1.54) is 0 Å².